The van der Waals surface area contributed by atoms with Gasteiger partial charge in [0.25, 0.3) is 0 Å². The van der Waals surface area contributed by atoms with Crippen LogP contribution < -0.4 is 10.1 Å². The molecule has 3 heteroatoms. The standard InChI is InChI=1S/C16H18FNO/c1-3-19-14-7-5-13(6-8-14)11-18-16-9-4-12(2)10-15(16)17/h4-10,18H,3,11H2,1-2H3. The zero-order valence-corrected chi connectivity index (χ0v) is 11.2. The van der Waals surface area contributed by atoms with Gasteiger partial charge in [0.05, 0.1) is 12.3 Å². The van der Waals surface area contributed by atoms with Crippen molar-refractivity contribution >= 4 is 5.69 Å². The molecule has 0 heterocycles. The molecule has 0 aromatic heterocycles. The summed E-state index contributed by atoms with van der Waals surface area (Å²) in [6, 6.07) is 13.0. The molecule has 0 spiro atoms. The molecule has 0 fully saturated rings. The van der Waals surface area contributed by atoms with Crippen molar-refractivity contribution in [3.8, 4) is 5.75 Å². The number of hydrogen-bond donors (Lipinski definition) is 1. The van der Waals surface area contributed by atoms with E-state index in [-0.39, 0.29) is 5.82 Å². The van der Waals surface area contributed by atoms with Gasteiger partial charge in [0.1, 0.15) is 11.6 Å². The van der Waals surface area contributed by atoms with Gasteiger partial charge in [0.2, 0.25) is 0 Å². The van der Waals surface area contributed by atoms with Gasteiger partial charge in [-0.15, -0.1) is 0 Å². The molecule has 0 unspecified atom stereocenters. The van der Waals surface area contributed by atoms with Crippen LogP contribution in [-0.4, -0.2) is 6.61 Å². The molecule has 19 heavy (non-hydrogen) atoms. The average Bonchev–Trinajstić information content (AvgIpc) is 2.40. The summed E-state index contributed by atoms with van der Waals surface area (Å²) in [7, 11) is 0. The van der Waals surface area contributed by atoms with Crippen molar-refractivity contribution in [2.75, 3.05) is 11.9 Å². The van der Waals surface area contributed by atoms with Crippen LogP contribution in [0.2, 0.25) is 0 Å². The average molecular weight is 259 g/mol. The van der Waals surface area contributed by atoms with Crippen LogP contribution in [0.15, 0.2) is 42.5 Å². The van der Waals surface area contributed by atoms with Crippen LogP contribution in [0, 0.1) is 12.7 Å². The summed E-state index contributed by atoms with van der Waals surface area (Å²) in [4.78, 5) is 0. The second kappa shape index (κ2) is 6.23. The zero-order valence-electron chi connectivity index (χ0n) is 11.2. The summed E-state index contributed by atoms with van der Waals surface area (Å²) in [6.45, 7) is 5.08. The molecule has 0 atom stereocenters. The number of anilines is 1. The third-order valence-electron chi connectivity index (χ3n) is 2.84. The minimum atomic E-state index is -0.217. The summed E-state index contributed by atoms with van der Waals surface area (Å²) in [5.74, 6) is 0.638. The van der Waals surface area contributed by atoms with E-state index in [4.69, 9.17) is 4.74 Å². The second-order valence-electron chi connectivity index (χ2n) is 4.41. The molecule has 0 aliphatic heterocycles. The van der Waals surface area contributed by atoms with E-state index in [1.807, 2.05) is 44.2 Å². The molecule has 0 saturated carbocycles. The Bertz CT molecular complexity index is 537. The Morgan fingerprint density at radius 3 is 2.47 bits per heavy atom. The van der Waals surface area contributed by atoms with Crippen molar-refractivity contribution in [3.63, 3.8) is 0 Å². The smallest absolute Gasteiger partial charge is 0.146 e. The molecule has 0 aliphatic rings. The van der Waals surface area contributed by atoms with Crippen LogP contribution in [-0.2, 0) is 6.54 Å². The Morgan fingerprint density at radius 1 is 1.11 bits per heavy atom. The van der Waals surface area contributed by atoms with E-state index in [0.717, 1.165) is 16.9 Å². The first kappa shape index (κ1) is 13.4. The highest BCUT2D eigenvalue weighted by atomic mass is 19.1. The van der Waals surface area contributed by atoms with Crippen LogP contribution in [0.25, 0.3) is 0 Å². The first-order valence-electron chi connectivity index (χ1n) is 6.41. The Labute approximate surface area is 113 Å². The lowest BCUT2D eigenvalue weighted by atomic mass is 10.2. The second-order valence-corrected chi connectivity index (χ2v) is 4.41. The van der Waals surface area contributed by atoms with Gasteiger partial charge in [-0.2, -0.15) is 0 Å². The number of hydrogen-bond acceptors (Lipinski definition) is 2. The Balaban J connectivity index is 1.98. The molecule has 2 rings (SSSR count). The fourth-order valence-electron chi connectivity index (χ4n) is 1.83. The van der Waals surface area contributed by atoms with E-state index in [0.29, 0.717) is 18.8 Å². The van der Waals surface area contributed by atoms with Crippen LogP contribution in [0.3, 0.4) is 0 Å². The molecule has 1 N–H and O–H groups in total. The highest BCUT2D eigenvalue weighted by Gasteiger charge is 2.02. The van der Waals surface area contributed by atoms with Crippen LogP contribution >= 0.6 is 0 Å². The number of ether oxygens (including phenoxy) is 1. The lowest BCUT2D eigenvalue weighted by Gasteiger charge is -2.09. The number of benzene rings is 2. The predicted octanol–water partition coefficient (Wildman–Crippen LogP) is 4.14. The van der Waals surface area contributed by atoms with Crippen LogP contribution in [0.5, 0.6) is 5.75 Å². The Kier molecular flexibility index (Phi) is 4.39. The minimum Gasteiger partial charge on any atom is -0.494 e. The number of rotatable bonds is 5. The lowest BCUT2D eigenvalue weighted by molar-refractivity contribution is 0.340. The van der Waals surface area contributed by atoms with Crippen molar-refractivity contribution in [2.24, 2.45) is 0 Å². The van der Waals surface area contributed by atoms with Crippen LogP contribution in [0.4, 0.5) is 10.1 Å². The van der Waals surface area contributed by atoms with Gasteiger partial charge in [-0.05, 0) is 49.2 Å². The van der Waals surface area contributed by atoms with Crippen molar-refractivity contribution in [1.82, 2.24) is 0 Å². The van der Waals surface area contributed by atoms with Crippen molar-refractivity contribution < 1.29 is 9.13 Å². The van der Waals surface area contributed by atoms with E-state index < -0.39 is 0 Å². The maximum absolute atomic E-state index is 13.6. The monoisotopic (exact) mass is 259 g/mol. The molecular weight excluding hydrogens is 241 g/mol. The highest BCUT2D eigenvalue weighted by molar-refractivity contribution is 5.46. The van der Waals surface area contributed by atoms with Crippen LogP contribution in [0.1, 0.15) is 18.1 Å². The number of halogens is 1. The van der Waals surface area contributed by atoms with E-state index in [9.17, 15) is 4.39 Å². The summed E-state index contributed by atoms with van der Waals surface area (Å²) in [5.41, 5.74) is 2.53. The first-order chi connectivity index (χ1) is 9.19. The lowest BCUT2D eigenvalue weighted by Crippen LogP contribution is -2.01. The van der Waals surface area contributed by atoms with Crippen molar-refractivity contribution in [2.45, 2.75) is 20.4 Å². The van der Waals surface area contributed by atoms with Gasteiger partial charge in [-0.1, -0.05) is 18.2 Å². The van der Waals surface area contributed by atoms with E-state index in [2.05, 4.69) is 5.32 Å². The molecule has 0 saturated heterocycles. The molecule has 0 radical (unpaired) electrons. The van der Waals surface area contributed by atoms with Gasteiger partial charge >= 0.3 is 0 Å². The predicted molar refractivity (Wildman–Crippen MR) is 76.1 cm³/mol. The van der Waals surface area contributed by atoms with Gasteiger partial charge in [-0.25, -0.2) is 4.39 Å². The molecule has 2 nitrogen and oxygen atoms in total. The first-order valence-corrected chi connectivity index (χ1v) is 6.41. The summed E-state index contributed by atoms with van der Waals surface area (Å²) < 4.78 is 19.0. The van der Waals surface area contributed by atoms with Gasteiger partial charge < -0.3 is 10.1 Å². The number of aryl methyl sites for hydroxylation is 1. The molecule has 0 amide bonds. The molecule has 100 valence electrons. The summed E-state index contributed by atoms with van der Waals surface area (Å²) in [5, 5.41) is 3.09. The maximum Gasteiger partial charge on any atom is 0.146 e. The highest BCUT2D eigenvalue weighted by Crippen LogP contribution is 2.17. The van der Waals surface area contributed by atoms with Gasteiger partial charge in [-0.3, -0.25) is 0 Å². The van der Waals surface area contributed by atoms with Crippen molar-refractivity contribution in [1.29, 1.82) is 0 Å². The topological polar surface area (TPSA) is 21.3 Å². The zero-order chi connectivity index (χ0) is 13.7. The third-order valence-corrected chi connectivity index (χ3v) is 2.84. The fourth-order valence-corrected chi connectivity index (χ4v) is 1.83. The Hall–Kier alpha value is -2.03. The summed E-state index contributed by atoms with van der Waals surface area (Å²) in [6.07, 6.45) is 0. The van der Waals surface area contributed by atoms with Gasteiger partial charge in [0.15, 0.2) is 0 Å². The third kappa shape index (κ3) is 3.71. The SMILES string of the molecule is CCOc1ccc(CNc2ccc(C)cc2F)cc1. The van der Waals surface area contributed by atoms with Gasteiger partial charge in [0, 0.05) is 6.54 Å². The summed E-state index contributed by atoms with van der Waals surface area (Å²) >= 11 is 0. The molecular formula is C16H18FNO. The fraction of sp³-hybridized carbons (Fsp3) is 0.250. The largest absolute Gasteiger partial charge is 0.494 e. The normalized spacial score (nSPS) is 10.3. The molecule has 2 aromatic rings. The molecule has 0 bridgehead atoms. The minimum absolute atomic E-state index is 0.217. The quantitative estimate of drug-likeness (QED) is 0.871. The number of nitrogens with one attached hydrogen (secondary N) is 1. The molecule has 0 aliphatic carbocycles. The maximum atomic E-state index is 13.6. The van der Waals surface area contributed by atoms with E-state index in [1.165, 1.54) is 6.07 Å². The van der Waals surface area contributed by atoms with E-state index in [1.54, 1.807) is 6.07 Å². The van der Waals surface area contributed by atoms with E-state index >= 15 is 0 Å². The van der Waals surface area contributed by atoms with Crippen molar-refractivity contribution in [3.05, 3.63) is 59.4 Å². The molecule has 2 aromatic carbocycles. The Morgan fingerprint density at radius 2 is 1.84 bits per heavy atom.